The fourth-order valence-electron chi connectivity index (χ4n) is 3.78. The van der Waals surface area contributed by atoms with Crippen molar-refractivity contribution < 1.29 is 10.2 Å². The quantitative estimate of drug-likeness (QED) is 0.146. The van der Waals surface area contributed by atoms with Gasteiger partial charge in [0.15, 0.2) is 0 Å². The van der Waals surface area contributed by atoms with Gasteiger partial charge >= 0.3 is 0 Å². The molecule has 178 valence electrons. The molecule has 0 aliphatic rings. The van der Waals surface area contributed by atoms with Crippen LogP contribution in [-0.2, 0) is 0 Å². The van der Waals surface area contributed by atoms with Crippen LogP contribution in [0.3, 0.4) is 0 Å². The van der Waals surface area contributed by atoms with Crippen LogP contribution in [-0.4, -0.2) is 34.5 Å². The molecule has 31 heavy (non-hydrogen) atoms. The molecule has 0 spiro atoms. The zero-order valence-electron chi connectivity index (χ0n) is 20.0. The largest absolute Gasteiger partial charge is 0.508 e. The van der Waals surface area contributed by atoms with Gasteiger partial charge in [-0.1, -0.05) is 103 Å². The summed E-state index contributed by atoms with van der Waals surface area (Å²) in [4.78, 5) is 4.36. The lowest BCUT2D eigenvalue weighted by Crippen LogP contribution is -1.90. The first-order valence-electron chi connectivity index (χ1n) is 12.8. The van der Waals surface area contributed by atoms with E-state index in [1.165, 1.54) is 115 Å². The third-order valence-electron chi connectivity index (χ3n) is 5.75. The molecule has 0 fully saturated rings. The van der Waals surface area contributed by atoms with E-state index in [0.717, 1.165) is 12.3 Å². The number of benzene rings is 1. The molecular formula is C27H47NO2S. The van der Waals surface area contributed by atoms with Crippen molar-refractivity contribution in [3.05, 3.63) is 23.8 Å². The minimum absolute atomic E-state index is 0.0732. The van der Waals surface area contributed by atoms with Crippen LogP contribution in [0.15, 0.2) is 23.2 Å². The van der Waals surface area contributed by atoms with Crippen molar-refractivity contribution in [2.75, 3.05) is 18.1 Å². The molecule has 1 rings (SSSR count). The van der Waals surface area contributed by atoms with E-state index in [9.17, 15) is 10.2 Å². The Balaban J connectivity index is 1.76. The molecule has 1 aromatic carbocycles. The van der Waals surface area contributed by atoms with E-state index in [1.54, 1.807) is 18.3 Å². The summed E-state index contributed by atoms with van der Waals surface area (Å²) in [5, 5.41) is 19.0. The van der Waals surface area contributed by atoms with E-state index < -0.39 is 0 Å². The molecule has 0 radical (unpaired) electrons. The topological polar surface area (TPSA) is 52.8 Å². The second kappa shape index (κ2) is 20.7. The van der Waals surface area contributed by atoms with Crippen LogP contribution in [0, 0.1) is 0 Å². The third-order valence-corrected chi connectivity index (χ3v) is 6.80. The first-order valence-corrected chi connectivity index (χ1v) is 14.0. The second-order valence-corrected chi connectivity index (χ2v) is 9.92. The summed E-state index contributed by atoms with van der Waals surface area (Å²) < 4.78 is 0. The average molecular weight is 450 g/mol. The van der Waals surface area contributed by atoms with Crippen molar-refractivity contribution >= 4 is 18.0 Å². The van der Waals surface area contributed by atoms with Crippen molar-refractivity contribution in [2.45, 2.75) is 110 Å². The number of phenols is 2. The van der Waals surface area contributed by atoms with Gasteiger partial charge in [0.25, 0.3) is 0 Å². The number of thioether (sulfide) groups is 1. The fraction of sp³-hybridized carbons (Fsp3) is 0.741. The number of phenolic OH excluding ortho intramolecular Hbond substituents is 2. The lowest BCUT2D eigenvalue weighted by Gasteiger charge is -2.04. The third kappa shape index (κ3) is 17.1. The Morgan fingerprint density at radius 3 is 1.74 bits per heavy atom. The molecule has 0 unspecified atom stereocenters. The van der Waals surface area contributed by atoms with Gasteiger partial charge in [0.1, 0.15) is 11.5 Å². The van der Waals surface area contributed by atoms with Gasteiger partial charge in [0, 0.05) is 30.1 Å². The van der Waals surface area contributed by atoms with Crippen LogP contribution in [0.4, 0.5) is 0 Å². The van der Waals surface area contributed by atoms with E-state index in [0.29, 0.717) is 5.56 Å². The predicted molar refractivity (Wildman–Crippen MR) is 139 cm³/mol. The number of hydrogen-bond donors (Lipinski definition) is 2. The van der Waals surface area contributed by atoms with Crippen molar-refractivity contribution in [3.8, 4) is 11.5 Å². The minimum atomic E-state index is 0.0732. The molecule has 0 heterocycles. The van der Waals surface area contributed by atoms with Gasteiger partial charge in [-0.3, -0.25) is 4.99 Å². The highest BCUT2D eigenvalue weighted by Gasteiger charge is 1.99. The Bertz CT molecular complexity index is 562. The molecule has 0 aliphatic heterocycles. The first kappa shape index (κ1) is 27.9. The van der Waals surface area contributed by atoms with Gasteiger partial charge in [0.05, 0.1) is 0 Å². The van der Waals surface area contributed by atoms with Gasteiger partial charge in [-0.2, -0.15) is 11.8 Å². The summed E-state index contributed by atoms with van der Waals surface area (Å²) in [7, 11) is 0. The summed E-state index contributed by atoms with van der Waals surface area (Å²) in [5.41, 5.74) is 0.653. The van der Waals surface area contributed by atoms with Crippen LogP contribution in [0.2, 0.25) is 0 Å². The maximum Gasteiger partial charge on any atom is 0.128 e. The van der Waals surface area contributed by atoms with Gasteiger partial charge in [0.2, 0.25) is 0 Å². The maximum absolute atomic E-state index is 9.70. The smallest absolute Gasteiger partial charge is 0.128 e. The lowest BCUT2D eigenvalue weighted by atomic mass is 10.0. The molecular weight excluding hydrogens is 402 g/mol. The molecule has 0 atom stereocenters. The number of aromatic hydroxyl groups is 2. The van der Waals surface area contributed by atoms with Crippen molar-refractivity contribution in [1.82, 2.24) is 0 Å². The van der Waals surface area contributed by atoms with E-state index in [2.05, 4.69) is 11.9 Å². The second-order valence-electron chi connectivity index (χ2n) is 8.69. The summed E-state index contributed by atoms with van der Waals surface area (Å²) in [6.45, 7) is 3.05. The zero-order chi connectivity index (χ0) is 22.4. The summed E-state index contributed by atoms with van der Waals surface area (Å²) >= 11 is 1.97. The molecule has 0 saturated heterocycles. The maximum atomic E-state index is 9.70. The van der Waals surface area contributed by atoms with Crippen molar-refractivity contribution in [3.63, 3.8) is 0 Å². The predicted octanol–water partition coefficient (Wildman–Crippen LogP) is 8.51. The van der Waals surface area contributed by atoms with Gasteiger partial charge in [-0.15, -0.1) is 0 Å². The number of nitrogens with zero attached hydrogens (tertiary/aromatic N) is 1. The van der Waals surface area contributed by atoms with Crippen molar-refractivity contribution in [1.29, 1.82) is 0 Å². The van der Waals surface area contributed by atoms with E-state index in [-0.39, 0.29) is 11.5 Å². The molecule has 0 amide bonds. The van der Waals surface area contributed by atoms with E-state index in [1.807, 2.05) is 11.8 Å². The molecule has 0 saturated carbocycles. The number of aliphatic imine (C=N–C) groups is 1. The average Bonchev–Trinajstić information content (AvgIpc) is 2.76. The van der Waals surface area contributed by atoms with Crippen LogP contribution < -0.4 is 0 Å². The summed E-state index contributed by atoms with van der Waals surface area (Å²) in [5.74, 6) is 2.39. The fourth-order valence-corrected chi connectivity index (χ4v) is 4.62. The highest BCUT2D eigenvalue weighted by molar-refractivity contribution is 7.99. The summed E-state index contributed by atoms with van der Waals surface area (Å²) in [6, 6.07) is 4.58. The van der Waals surface area contributed by atoms with E-state index in [4.69, 9.17) is 0 Å². The zero-order valence-corrected chi connectivity index (χ0v) is 20.8. The Kier molecular flexibility index (Phi) is 18.6. The van der Waals surface area contributed by atoms with E-state index >= 15 is 0 Å². The number of unbranched alkanes of at least 4 members (excludes halogenated alkanes) is 15. The normalized spacial score (nSPS) is 11.5. The molecule has 0 bridgehead atoms. The molecule has 0 aromatic heterocycles. The number of hydrogen-bond acceptors (Lipinski definition) is 4. The molecule has 0 aliphatic carbocycles. The van der Waals surface area contributed by atoms with Gasteiger partial charge in [-0.25, -0.2) is 0 Å². The van der Waals surface area contributed by atoms with Crippen LogP contribution in [0.5, 0.6) is 11.5 Å². The summed E-state index contributed by atoms with van der Waals surface area (Å²) in [6.07, 6.45) is 24.4. The molecule has 4 heteroatoms. The SMILES string of the molecule is CCCCCCCCCCCCCCCCCCSCCN=Cc1ccc(O)cc1O. The van der Waals surface area contributed by atoms with Crippen LogP contribution in [0.1, 0.15) is 115 Å². The Hall–Kier alpha value is -1.16. The molecule has 1 aromatic rings. The van der Waals surface area contributed by atoms with Crippen LogP contribution >= 0.6 is 11.8 Å². The van der Waals surface area contributed by atoms with Crippen LogP contribution in [0.25, 0.3) is 0 Å². The Labute approximate surface area is 196 Å². The molecule has 2 N–H and O–H groups in total. The van der Waals surface area contributed by atoms with Crippen molar-refractivity contribution in [2.24, 2.45) is 4.99 Å². The lowest BCUT2D eigenvalue weighted by molar-refractivity contribution is 0.450. The van der Waals surface area contributed by atoms with Gasteiger partial charge in [-0.05, 0) is 24.3 Å². The highest BCUT2D eigenvalue weighted by atomic mass is 32.2. The highest BCUT2D eigenvalue weighted by Crippen LogP contribution is 2.21. The number of rotatable bonds is 21. The molecule has 3 nitrogen and oxygen atoms in total. The van der Waals surface area contributed by atoms with Gasteiger partial charge < -0.3 is 10.2 Å². The first-order chi connectivity index (χ1) is 15.2. The monoisotopic (exact) mass is 449 g/mol. The Morgan fingerprint density at radius 2 is 1.23 bits per heavy atom. The standard InChI is InChI=1S/C27H47NO2S/c1-2-3-4-5-6-7-8-9-10-11-12-13-14-15-16-17-21-31-22-20-28-24-25-18-19-26(29)23-27(25)30/h18-19,23-24,29-30H,2-17,20-22H2,1H3. The minimum Gasteiger partial charge on any atom is -0.508 e. The Morgan fingerprint density at radius 1 is 0.710 bits per heavy atom.